The summed E-state index contributed by atoms with van der Waals surface area (Å²) in [6, 6.07) is 8.73. The van der Waals surface area contributed by atoms with Crippen molar-refractivity contribution in [2.75, 3.05) is 0 Å². The first-order valence-electron chi connectivity index (χ1n) is 8.82. The molecule has 136 valence electrons. The quantitative estimate of drug-likeness (QED) is 0.886. The van der Waals surface area contributed by atoms with Crippen LogP contribution in [-0.2, 0) is 10.3 Å². The number of nitriles is 1. The number of amides is 1. The zero-order chi connectivity index (χ0) is 18.6. The molecule has 0 radical (unpaired) electrons. The second-order valence-corrected chi connectivity index (χ2v) is 6.67. The number of carbonyl (C=O) groups excluding carboxylic acids is 1. The Morgan fingerprint density at radius 2 is 2.00 bits per heavy atom. The van der Waals surface area contributed by atoms with Crippen LogP contribution in [0.4, 0.5) is 0 Å². The molecule has 1 aromatic heterocycles. The molecule has 1 aliphatic rings. The summed E-state index contributed by atoms with van der Waals surface area (Å²) < 4.78 is 10.8. The monoisotopic (exact) mass is 354 g/mol. The molecular weight excluding hydrogens is 332 g/mol. The summed E-state index contributed by atoms with van der Waals surface area (Å²) in [5.41, 5.74) is -0.0573. The molecule has 1 amide bonds. The zero-order valence-electron chi connectivity index (χ0n) is 15.0. The normalized spacial score (nSPS) is 17.1. The third kappa shape index (κ3) is 3.85. The Labute approximate surface area is 152 Å². The highest BCUT2D eigenvalue weighted by Gasteiger charge is 2.40. The van der Waals surface area contributed by atoms with E-state index in [-0.39, 0.29) is 5.91 Å². The minimum absolute atomic E-state index is 0.223. The second kappa shape index (κ2) is 7.56. The van der Waals surface area contributed by atoms with Crippen molar-refractivity contribution in [3.8, 4) is 11.8 Å². The van der Waals surface area contributed by atoms with Crippen molar-refractivity contribution in [3.05, 3.63) is 41.5 Å². The summed E-state index contributed by atoms with van der Waals surface area (Å²) in [6.45, 7) is 3.44. The van der Waals surface area contributed by atoms with Gasteiger partial charge in [0.25, 0.3) is 5.91 Å². The van der Waals surface area contributed by atoms with E-state index in [1.165, 1.54) is 0 Å². The molecule has 1 saturated carbocycles. The number of carbonyl (C=O) groups is 1. The van der Waals surface area contributed by atoms with Gasteiger partial charge in [-0.05, 0) is 44.0 Å². The van der Waals surface area contributed by atoms with Crippen molar-refractivity contribution in [1.82, 2.24) is 15.5 Å². The Morgan fingerprint density at radius 1 is 1.31 bits per heavy atom. The largest absolute Gasteiger partial charge is 0.481 e. The lowest BCUT2D eigenvalue weighted by atomic mass is 9.81. The fourth-order valence-electron chi connectivity index (χ4n) is 3.26. The fourth-order valence-corrected chi connectivity index (χ4v) is 3.26. The van der Waals surface area contributed by atoms with Crippen LogP contribution in [0.3, 0.4) is 0 Å². The van der Waals surface area contributed by atoms with Gasteiger partial charge in [0.1, 0.15) is 11.3 Å². The van der Waals surface area contributed by atoms with Crippen LogP contribution in [0.5, 0.6) is 5.75 Å². The predicted octanol–water partition coefficient (Wildman–Crippen LogP) is 2.99. The van der Waals surface area contributed by atoms with Crippen molar-refractivity contribution in [3.63, 3.8) is 0 Å². The summed E-state index contributed by atoms with van der Waals surface area (Å²) in [5.74, 6) is 1.34. The summed E-state index contributed by atoms with van der Waals surface area (Å²) in [6.07, 6.45) is 4.00. The van der Waals surface area contributed by atoms with Crippen LogP contribution >= 0.6 is 0 Å². The predicted molar refractivity (Wildman–Crippen MR) is 93.2 cm³/mol. The zero-order valence-corrected chi connectivity index (χ0v) is 15.0. The lowest BCUT2D eigenvalue weighted by molar-refractivity contribution is -0.130. The maximum absolute atomic E-state index is 12.7. The van der Waals surface area contributed by atoms with E-state index in [1.54, 1.807) is 38.1 Å². The fraction of sp³-hybridized carbons (Fsp3) is 0.474. The molecule has 7 nitrogen and oxygen atoms in total. The number of rotatable bonds is 5. The highest BCUT2D eigenvalue weighted by molar-refractivity contribution is 5.81. The van der Waals surface area contributed by atoms with Crippen molar-refractivity contribution >= 4 is 5.91 Å². The third-order valence-corrected chi connectivity index (χ3v) is 4.69. The van der Waals surface area contributed by atoms with Crippen molar-refractivity contribution in [1.29, 1.82) is 5.26 Å². The number of nitrogens with zero attached hydrogens (tertiary/aromatic N) is 3. The van der Waals surface area contributed by atoms with Crippen LogP contribution in [0.15, 0.2) is 28.8 Å². The Bertz CT molecular complexity index is 801. The molecule has 1 N–H and O–H groups in total. The Balaban J connectivity index is 1.71. The van der Waals surface area contributed by atoms with Crippen LogP contribution < -0.4 is 10.1 Å². The molecular formula is C19H22N4O3. The first kappa shape index (κ1) is 17.9. The van der Waals surface area contributed by atoms with Gasteiger partial charge in [-0.1, -0.05) is 24.4 Å². The van der Waals surface area contributed by atoms with Gasteiger partial charge in [-0.25, -0.2) is 0 Å². The Morgan fingerprint density at radius 3 is 2.58 bits per heavy atom. The number of aromatic nitrogens is 2. The molecule has 1 unspecified atom stereocenters. The molecule has 1 aliphatic carbocycles. The lowest BCUT2D eigenvalue weighted by Crippen LogP contribution is -2.51. The summed E-state index contributed by atoms with van der Waals surface area (Å²) in [7, 11) is 0. The molecule has 3 rings (SSSR count). The molecule has 1 aromatic carbocycles. The number of aryl methyl sites for hydroxylation is 1. The topological polar surface area (TPSA) is 101 Å². The van der Waals surface area contributed by atoms with Crippen molar-refractivity contribution in [2.24, 2.45) is 0 Å². The molecule has 7 heteroatoms. The van der Waals surface area contributed by atoms with Crippen molar-refractivity contribution in [2.45, 2.75) is 57.6 Å². The van der Waals surface area contributed by atoms with Gasteiger partial charge in [-0.2, -0.15) is 10.2 Å². The minimum Gasteiger partial charge on any atom is -0.481 e. The van der Waals surface area contributed by atoms with Crippen LogP contribution in [0.2, 0.25) is 0 Å². The van der Waals surface area contributed by atoms with Gasteiger partial charge in [-0.15, -0.1) is 0 Å². The minimum atomic E-state index is -0.685. The standard InChI is InChI=1S/C19H22N4O3/c1-13(25-16-8-6-15(12-20)7-9-16)17(24)22-19(10-4-3-5-11-19)18-21-14(2)26-23-18/h6-9,13H,3-5,10-11H2,1-2H3,(H,22,24). The van der Waals surface area contributed by atoms with Crippen LogP contribution in [0.25, 0.3) is 0 Å². The van der Waals surface area contributed by atoms with E-state index in [1.807, 2.05) is 0 Å². The van der Waals surface area contributed by atoms with Gasteiger partial charge in [0.2, 0.25) is 5.89 Å². The number of hydrogen-bond donors (Lipinski definition) is 1. The van der Waals surface area contributed by atoms with E-state index >= 15 is 0 Å². The Kier molecular flexibility index (Phi) is 5.21. The van der Waals surface area contributed by atoms with Gasteiger partial charge in [0, 0.05) is 6.92 Å². The maximum atomic E-state index is 12.7. The SMILES string of the molecule is Cc1nc(C2(NC(=O)C(C)Oc3ccc(C#N)cc3)CCCCC2)no1. The van der Waals surface area contributed by atoms with Gasteiger partial charge in [0.15, 0.2) is 11.9 Å². The number of nitrogens with one attached hydrogen (secondary N) is 1. The van der Waals surface area contributed by atoms with E-state index in [4.69, 9.17) is 14.5 Å². The molecule has 1 atom stereocenters. The number of ether oxygens (including phenoxy) is 1. The molecule has 0 bridgehead atoms. The van der Waals surface area contributed by atoms with E-state index < -0.39 is 11.6 Å². The van der Waals surface area contributed by atoms with Gasteiger partial charge in [-0.3, -0.25) is 4.79 Å². The molecule has 1 fully saturated rings. The molecule has 1 heterocycles. The smallest absolute Gasteiger partial charge is 0.261 e. The molecule has 2 aromatic rings. The van der Waals surface area contributed by atoms with E-state index in [2.05, 4.69) is 21.5 Å². The van der Waals surface area contributed by atoms with Gasteiger partial charge >= 0.3 is 0 Å². The lowest BCUT2D eigenvalue weighted by Gasteiger charge is -2.36. The van der Waals surface area contributed by atoms with Crippen molar-refractivity contribution < 1.29 is 14.1 Å². The summed E-state index contributed by atoms with van der Waals surface area (Å²) >= 11 is 0. The first-order chi connectivity index (χ1) is 12.5. The van der Waals surface area contributed by atoms with Gasteiger partial charge in [0.05, 0.1) is 11.6 Å². The molecule has 26 heavy (non-hydrogen) atoms. The molecule has 0 saturated heterocycles. The Hall–Kier alpha value is -2.88. The summed E-state index contributed by atoms with van der Waals surface area (Å²) in [5, 5.41) is 16.0. The van der Waals surface area contributed by atoms with E-state index in [0.29, 0.717) is 23.0 Å². The van der Waals surface area contributed by atoms with Crippen LogP contribution in [-0.4, -0.2) is 22.2 Å². The number of hydrogen-bond acceptors (Lipinski definition) is 6. The molecule has 0 spiro atoms. The highest BCUT2D eigenvalue weighted by Crippen LogP contribution is 2.35. The average molecular weight is 354 g/mol. The first-order valence-corrected chi connectivity index (χ1v) is 8.82. The summed E-state index contributed by atoms with van der Waals surface area (Å²) in [4.78, 5) is 17.1. The number of benzene rings is 1. The third-order valence-electron chi connectivity index (χ3n) is 4.69. The highest BCUT2D eigenvalue weighted by atomic mass is 16.5. The van der Waals surface area contributed by atoms with Gasteiger partial charge < -0.3 is 14.6 Å². The maximum Gasteiger partial charge on any atom is 0.261 e. The van der Waals surface area contributed by atoms with E-state index in [0.717, 1.165) is 32.1 Å². The average Bonchev–Trinajstić information content (AvgIpc) is 3.10. The van der Waals surface area contributed by atoms with E-state index in [9.17, 15) is 4.79 Å². The van der Waals surface area contributed by atoms with Crippen LogP contribution in [0.1, 0.15) is 56.3 Å². The second-order valence-electron chi connectivity index (χ2n) is 6.67. The van der Waals surface area contributed by atoms with Crippen LogP contribution in [0, 0.1) is 18.3 Å². The molecule has 0 aliphatic heterocycles.